The molecule has 0 saturated carbocycles. The molecule has 4 nitrogen and oxygen atoms in total. The van der Waals surface area contributed by atoms with E-state index in [0.717, 1.165) is 21.8 Å². The summed E-state index contributed by atoms with van der Waals surface area (Å²) in [7, 11) is 0. The number of halogens is 1. The number of hydrazine groups is 1. The van der Waals surface area contributed by atoms with Crippen molar-refractivity contribution in [2.75, 3.05) is 0 Å². The summed E-state index contributed by atoms with van der Waals surface area (Å²) in [6, 6.07) is 0.823. The van der Waals surface area contributed by atoms with Crippen molar-refractivity contribution in [1.29, 1.82) is 0 Å². The van der Waals surface area contributed by atoms with Crippen LogP contribution in [-0.2, 0) is 0 Å². The number of nitrogens with zero attached hydrogens (tertiary/aromatic N) is 2. The first-order valence-electron chi connectivity index (χ1n) is 3.35. The molecule has 0 bridgehead atoms. The largest absolute Gasteiger partial charge is 0.270 e. The summed E-state index contributed by atoms with van der Waals surface area (Å²) in [6.07, 6.45) is 5.45. The summed E-state index contributed by atoms with van der Waals surface area (Å²) in [6.45, 7) is 0. The molecule has 0 atom stereocenters. The third-order valence-corrected chi connectivity index (χ3v) is 2.09. The monoisotopic (exact) mass is 225 g/mol. The van der Waals surface area contributed by atoms with Crippen LogP contribution in [0.15, 0.2) is 44.3 Å². The second-order valence-corrected chi connectivity index (χ2v) is 3.29. The van der Waals surface area contributed by atoms with E-state index in [9.17, 15) is 0 Å². The average Bonchev–Trinajstić information content (AvgIpc) is 2.50. The number of azo groups is 1. The predicted octanol–water partition coefficient (Wildman–Crippen LogP) is 1.51. The van der Waals surface area contributed by atoms with Gasteiger partial charge >= 0.3 is 0 Å². The smallest absolute Gasteiger partial charge is 0.107 e. The first-order valence-corrected chi connectivity index (χ1v) is 4.15. The second-order valence-electron chi connectivity index (χ2n) is 2.38. The third kappa shape index (κ3) is 1.16. The van der Waals surface area contributed by atoms with Crippen molar-refractivity contribution in [3.8, 4) is 0 Å². The molecule has 12 heavy (non-hydrogen) atoms. The van der Waals surface area contributed by atoms with Crippen LogP contribution in [0.5, 0.6) is 0 Å². The highest BCUT2D eigenvalue weighted by Crippen LogP contribution is 2.34. The van der Waals surface area contributed by atoms with Crippen molar-refractivity contribution in [2.45, 2.75) is 0 Å². The summed E-state index contributed by atoms with van der Waals surface area (Å²) < 4.78 is 0.934. The van der Waals surface area contributed by atoms with E-state index >= 15 is 0 Å². The van der Waals surface area contributed by atoms with Gasteiger partial charge in [0.25, 0.3) is 0 Å². The zero-order valence-corrected chi connectivity index (χ0v) is 7.67. The molecule has 1 radical (unpaired) electrons. The van der Waals surface area contributed by atoms with Crippen LogP contribution in [0.1, 0.15) is 0 Å². The average molecular weight is 226 g/mol. The number of hydrogen-bond acceptors (Lipinski definition) is 4. The minimum atomic E-state index is 0.823. The van der Waals surface area contributed by atoms with Gasteiger partial charge in [0.2, 0.25) is 0 Å². The topological polar surface area (TPSA) is 62.8 Å². The molecule has 3 N–H and O–H groups in total. The molecular formula is C7H6BrN4. The van der Waals surface area contributed by atoms with Crippen molar-refractivity contribution in [3.63, 3.8) is 0 Å². The molecule has 0 amide bonds. The van der Waals surface area contributed by atoms with Crippen LogP contribution in [0, 0.1) is 6.04 Å². The maximum absolute atomic E-state index is 5.32. The van der Waals surface area contributed by atoms with E-state index in [1.807, 2.05) is 12.2 Å². The molecule has 0 saturated heterocycles. The number of hydrogen-bond donors (Lipinski definition) is 2. The van der Waals surface area contributed by atoms with Gasteiger partial charge in [-0.25, -0.2) is 5.43 Å². The summed E-state index contributed by atoms with van der Waals surface area (Å²) in [5, 5.41) is 7.70. The van der Waals surface area contributed by atoms with Gasteiger partial charge in [-0.1, -0.05) is 15.9 Å². The fourth-order valence-electron chi connectivity index (χ4n) is 1.09. The SMILES string of the molecule is NN[C]1C=C(Br)C=C2N=NC=C12. The zero-order valence-electron chi connectivity index (χ0n) is 6.08. The number of allylic oxidation sites excluding steroid dienone is 2. The Bertz CT molecular complexity index is 326. The van der Waals surface area contributed by atoms with Crippen LogP contribution in [-0.4, -0.2) is 0 Å². The Morgan fingerprint density at radius 2 is 2.25 bits per heavy atom. The molecule has 1 aliphatic heterocycles. The molecule has 0 fully saturated rings. The van der Waals surface area contributed by atoms with E-state index < -0.39 is 0 Å². The molecule has 61 valence electrons. The summed E-state index contributed by atoms with van der Waals surface area (Å²) in [5.74, 6) is 5.32. The molecule has 0 aromatic heterocycles. The Kier molecular flexibility index (Phi) is 1.92. The van der Waals surface area contributed by atoms with Crippen LogP contribution < -0.4 is 11.3 Å². The Morgan fingerprint density at radius 1 is 1.42 bits per heavy atom. The van der Waals surface area contributed by atoms with E-state index in [4.69, 9.17) is 5.84 Å². The lowest BCUT2D eigenvalue weighted by molar-refractivity contribution is 0.815. The van der Waals surface area contributed by atoms with Crippen molar-refractivity contribution < 1.29 is 0 Å². The van der Waals surface area contributed by atoms with Gasteiger partial charge in [0.05, 0.1) is 11.9 Å². The van der Waals surface area contributed by atoms with Gasteiger partial charge in [-0.15, -0.1) is 0 Å². The van der Waals surface area contributed by atoms with Crippen molar-refractivity contribution in [3.05, 3.63) is 40.1 Å². The van der Waals surface area contributed by atoms with Crippen LogP contribution in [0.3, 0.4) is 0 Å². The highest BCUT2D eigenvalue weighted by atomic mass is 79.9. The van der Waals surface area contributed by atoms with Gasteiger partial charge in [-0.2, -0.15) is 10.2 Å². The Labute approximate surface area is 78.0 Å². The van der Waals surface area contributed by atoms with E-state index in [1.165, 1.54) is 0 Å². The Hall–Kier alpha value is -0.780. The van der Waals surface area contributed by atoms with E-state index in [-0.39, 0.29) is 0 Å². The molecule has 1 aliphatic carbocycles. The molecule has 1 heterocycles. The molecule has 0 spiro atoms. The number of fused-ring (bicyclic) bond motifs is 1. The minimum absolute atomic E-state index is 0.823. The summed E-state index contributed by atoms with van der Waals surface area (Å²) >= 11 is 3.35. The van der Waals surface area contributed by atoms with E-state index in [2.05, 4.69) is 31.6 Å². The molecular weight excluding hydrogens is 220 g/mol. The fourth-order valence-corrected chi connectivity index (χ4v) is 1.54. The number of nitrogens with two attached hydrogens (primary N) is 1. The highest BCUT2D eigenvalue weighted by Gasteiger charge is 2.22. The quantitative estimate of drug-likeness (QED) is 0.525. The van der Waals surface area contributed by atoms with Crippen LogP contribution in [0.2, 0.25) is 0 Å². The van der Waals surface area contributed by atoms with Crippen molar-refractivity contribution >= 4 is 15.9 Å². The maximum Gasteiger partial charge on any atom is 0.107 e. The predicted molar refractivity (Wildman–Crippen MR) is 48.6 cm³/mol. The highest BCUT2D eigenvalue weighted by molar-refractivity contribution is 9.11. The lowest BCUT2D eigenvalue weighted by Gasteiger charge is -2.15. The van der Waals surface area contributed by atoms with Gasteiger partial charge in [-0.3, -0.25) is 5.84 Å². The van der Waals surface area contributed by atoms with E-state index in [1.54, 1.807) is 6.20 Å². The minimum Gasteiger partial charge on any atom is -0.270 e. The first kappa shape index (κ1) is 7.85. The van der Waals surface area contributed by atoms with Crippen LogP contribution >= 0.6 is 15.9 Å². The van der Waals surface area contributed by atoms with Gasteiger partial charge in [-0.05, 0) is 12.2 Å². The second kappa shape index (κ2) is 2.93. The van der Waals surface area contributed by atoms with Crippen molar-refractivity contribution in [1.82, 2.24) is 5.43 Å². The molecule has 2 rings (SSSR count). The van der Waals surface area contributed by atoms with Crippen molar-refractivity contribution in [2.24, 2.45) is 16.1 Å². The molecule has 0 aromatic rings. The molecule has 0 unspecified atom stereocenters. The number of nitrogens with one attached hydrogen (secondary N) is 1. The number of rotatable bonds is 1. The van der Waals surface area contributed by atoms with Crippen LogP contribution in [0.4, 0.5) is 0 Å². The molecule has 5 heteroatoms. The first-order chi connectivity index (χ1) is 5.81. The molecule has 2 aliphatic rings. The van der Waals surface area contributed by atoms with Gasteiger partial charge in [0.1, 0.15) is 6.04 Å². The summed E-state index contributed by atoms with van der Waals surface area (Å²) in [4.78, 5) is 0. The third-order valence-electron chi connectivity index (χ3n) is 1.63. The maximum atomic E-state index is 5.32. The molecule has 0 aromatic carbocycles. The lowest BCUT2D eigenvalue weighted by atomic mass is 10.0. The Morgan fingerprint density at radius 3 is 3.00 bits per heavy atom. The normalized spacial score (nSPS) is 21.7. The van der Waals surface area contributed by atoms with Gasteiger partial charge in [0, 0.05) is 10.1 Å². The summed E-state index contributed by atoms with van der Waals surface area (Å²) in [5.41, 5.74) is 4.35. The zero-order chi connectivity index (χ0) is 8.55. The fraction of sp³-hybridized carbons (Fsp3) is 0. The standard InChI is InChI=1S/C7H6BrN4/c8-4-1-6(11-9)5-3-10-12-7(5)2-4/h1-3,11H,9H2. The Balaban J connectivity index is 2.39. The lowest BCUT2D eigenvalue weighted by Crippen LogP contribution is -2.29. The van der Waals surface area contributed by atoms with Crippen LogP contribution in [0.25, 0.3) is 0 Å². The van der Waals surface area contributed by atoms with Gasteiger partial charge < -0.3 is 0 Å². The van der Waals surface area contributed by atoms with E-state index in [0.29, 0.717) is 0 Å². The van der Waals surface area contributed by atoms with Gasteiger partial charge in [0.15, 0.2) is 0 Å².